The van der Waals surface area contributed by atoms with E-state index in [1.807, 2.05) is 40.0 Å². The number of hydrogen-bond donors (Lipinski definition) is 0. The minimum absolute atomic E-state index is 0. The van der Waals surface area contributed by atoms with Gasteiger partial charge in [0.15, 0.2) is 0 Å². The Labute approximate surface area is 115 Å². The Balaban J connectivity index is 0.00000256. The average molecular weight is 331 g/mol. The van der Waals surface area contributed by atoms with E-state index < -0.39 is 36.7 Å². The van der Waals surface area contributed by atoms with Gasteiger partial charge in [-0.1, -0.05) is 0 Å². The van der Waals surface area contributed by atoms with Crippen LogP contribution in [0.4, 0.5) is 0 Å². The summed E-state index contributed by atoms with van der Waals surface area (Å²) in [6.45, 7) is 11.9. The smallest absolute Gasteiger partial charge is 0.420 e. The molecule has 104 valence electrons. The molecule has 17 heavy (non-hydrogen) atoms. The average Bonchev–Trinajstić information content (AvgIpc) is 1.95. The van der Waals surface area contributed by atoms with Crippen molar-refractivity contribution in [2.24, 2.45) is 0 Å². The molecule has 1 aliphatic heterocycles. The first-order chi connectivity index (χ1) is 7.31. The topological polar surface area (TPSA) is 46.2 Å². The highest BCUT2D eigenvalue weighted by molar-refractivity contribution is 6.77. The third kappa shape index (κ3) is 6.56. The Morgan fingerprint density at radius 2 is 1.35 bits per heavy atom. The summed E-state index contributed by atoms with van der Waals surface area (Å²) in [7, 11) is -7.41. The van der Waals surface area contributed by atoms with Crippen molar-refractivity contribution in [1.29, 1.82) is 0 Å². The van der Waals surface area contributed by atoms with Gasteiger partial charge in [-0.15, -0.1) is 0 Å². The minimum atomic E-state index is -2.54. The zero-order chi connectivity index (χ0) is 12.3. The van der Waals surface area contributed by atoms with Gasteiger partial charge < -0.3 is 20.9 Å². The van der Waals surface area contributed by atoms with Gasteiger partial charge in [0.2, 0.25) is 0 Å². The van der Waals surface area contributed by atoms with Crippen LogP contribution in [0.25, 0.3) is 0 Å². The molecule has 0 N–H and O–H groups in total. The van der Waals surface area contributed by atoms with Gasteiger partial charge in [0.1, 0.15) is 0 Å². The van der Waals surface area contributed by atoms with Crippen LogP contribution in [0.2, 0.25) is 26.2 Å². The lowest BCUT2D eigenvalue weighted by Crippen LogP contribution is -2.55. The van der Waals surface area contributed by atoms with E-state index in [-0.39, 0.29) is 17.1 Å². The summed E-state index contributed by atoms with van der Waals surface area (Å²) >= 11 is 0. The zero-order valence-corrected chi connectivity index (χ0v) is 15.3. The normalized spacial score (nSPS) is 39.4. The van der Waals surface area contributed by atoms with Gasteiger partial charge in [-0.3, -0.25) is 0 Å². The molecule has 0 bridgehead atoms. The monoisotopic (exact) mass is 330 g/mol. The van der Waals surface area contributed by atoms with E-state index in [2.05, 4.69) is 0 Å². The van der Waals surface area contributed by atoms with E-state index in [0.29, 0.717) is 0 Å². The first-order valence-corrected chi connectivity index (χ1v) is 14.2. The zero-order valence-electron chi connectivity index (χ0n) is 10.9. The fourth-order valence-corrected chi connectivity index (χ4v) is 15.2. The second-order valence-electron chi connectivity index (χ2n) is 4.24. The maximum absolute atomic E-state index is 5.93. The van der Waals surface area contributed by atoms with Crippen LogP contribution in [-0.4, -0.2) is 53.7 Å². The molecule has 0 amide bonds. The molecule has 0 saturated carbocycles. The van der Waals surface area contributed by atoms with Gasteiger partial charge in [0, 0.05) is 12.7 Å². The molecule has 0 spiro atoms. The van der Waals surface area contributed by atoms with E-state index in [0.717, 1.165) is 0 Å². The van der Waals surface area contributed by atoms with E-state index in [9.17, 15) is 0 Å². The molecule has 0 radical (unpaired) electrons. The highest BCUT2D eigenvalue weighted by atomic mass is 28.5. The van der Waals surface area contributed by atoms with Crippen molar-refractivity contribution in [3.8, 4) is 0 Å². The Morgan fingerprint density at radius 1 is 0.941 bits per heavy atom. The molecule has 1 saturated heterocycles. The Morgan fingerprint density at radius 3 is 1.71 bits per heavy atom. The summed E-state index contributed by atoms with van der Waals surface area (Å²) in [4.78, 5) is 0. The predicted molar refractivity (Wildman–Crippen MR) is 82.6 cm³/mol. The Kier molecular flexibility index (Phi) is 7.86. The van der Waals surface area contributed by atoms with Crippen LogP contribution in [0.15, 0.2) is 0 Å². The molecule has 0 aliphatic carbocycles. The highest BCUT2D eigenvalue weighted by Crippen LogP contribution is 2.18. The summed E-state index contributed by atoms with van der Waals surface area (Å²) in [5.41, 5.74) is 0. The van der Waals surface area contributed by atoms with Crippen molar-refractivity contribution in [2.45, 2.75) is 46.1 Å². The van der Waals surface area contributed by atoms with Crippen LogP contribution in [0.3, 0.4) is 0 Å². The van der Waals surface area contributed by atoms with Crippen LogP contribution in [-0.2, 0) is 20.9 Å². The molecule has 0 aromatic rings. The van der Waals surface area contributed by atoms with Crippen molar-refractivity contribution >= 4 is 47.6 Å². The molecule has 1 heterocycles. The molecule has 1 fully saturated rings. The molecular formula is C7H26O5Si5. The third-order valence-corrected chi connectivity index (χ3v) is 15.1. The quantitative estimate of drug-likeness (QED) is 0.618. The maximum Gasteiger partial charge on any atom is 0.479 e. The third-order valence-electron chi connectivity index (χ3n) is 1.98. The van der Waals surface area contributed by atoms with E-state index in [4.69, 9.17) is 20.9 Å². The van der Waals surface area contributed by atoms with E-state index in [1.54, 1.807) is 0 Å². The van der Waals surface area contributed by atoms with Gasteiger partial charge >= 0.3 is 27.4 Å². The largest absolute Gasteiger partial charge is 0.479 e. The van der Waals surface area contributed by atoms with Crippen LogP contribution in [0, 0.1) is 0 Å². The first kappa shape index (κ1) is 17.9. The SMILES string of the molecule is CC(C)O[Si]1(C)O[SiH](C)O[SiH](C)O[SiH](C)O1.[SiH4]. The molecule has 1 rings (SSSR count). The molecule has 0 aromatic heterocycles. The van der Waals surface area contributed by atoms with Gasteiger partial charge in [-0.05, 0) is 44.5 Å². The summed E-state index contributed by atoms with van der Waals surface area (Å²) in [6, 6.07) is 0. The number of hydrogen-bond acceptors (Lipinski definition) is 5. The predicted octanol–water partition coefficient (Wildman–Crippen LogP) is -0.841. The molecule has 1 aliphatic rings. The summed E-state index contributed by atoms with van der Waals surface area (Å²) < 4.78 is 29.2. The molecule has 2 atom stereocenters. The molecule has 0 aromatic carbocycles. The van der Waals surface area contributed by atoms with Crippen molar-refractivity contribution in [2.75, 3.05) is 0 Å². The second kappa shape index (κ2) is 7.47. The fraction of sp³-hybridized carbons (Fsp3) is 1.00. The minimum Gasteiger partial charge on any atom is -0.420 e. The van der Waals surface area contributed by atoms with Crippen LogP contribution in [0.1, 0.15) is 13.8 Å². The van der Waals surface area contributed by atoms with Crippen molar-refractivity contribution in [3.05, 3.63) is 0 Å². The highest BCUT2D eigenvalue weighted by Gasteiger charge is 2.42. The van der Waals surface area contributed by atoms with E-state index >= 15 is 0 Å². The van der Waals surface area contributed by atoms with Gasteiger partial charge in [-0.25, -0.2) is 0 Å². The van der Waals surface area contributed by atoms with Crippen molar-refractivity contribution in [1.82, 2.24) is 0 Å². The summed E-state index contributed by atoms with van der Waals surface area (Å²) in [5, 5.41) is 0. The number of rotatable bonds is 2. The Bertz CT molecular complexity index is 217. The first-order valence-electron chi connectivity index (χ1n) is 5.65. The van der Waals surface area contributed by atoms with E-state index in [1.165, 1.54) is 0 Å². The van der Waals surface area contributed by atoms with Gasteiger partial charge in [0.25, 0.3) is 9.28 Å². The molecule has 10 heteroatoms. The summed E-state index contributed by atoms with van der Waals surface area (Å²) in [6.07, 6.45) is 0.105. The van der Waals surface area contributed by atoms with Crippen LogP contribution >= 0.6 is 0 Å². The molecule has 5 nitrogen and oxygen atoms in total. The lowest BCUT2D eigenvalue weighted by Gasteiger charge is -2.36. The Hall–Kier alpha value is 0.884. The summed E-state index contributed by atoms with van der Waals surface area (Å²) in [5.74, 6) is 0. The van der Waals surface area contributed by atoms with Crippen molar-refractivity contribution in [3.63, 3.8) is 0 Å². The molecular weight excluding hydrogens is 305 g/mol. The second-order valence-corrected chi connectivity index (χ2v) is 13.7. The van der Waals surface area contributed by atoms with Crippen LogP contribution in [0.5, 0.6) is 0 Å². The lowest BCUT2D eigenvalue weighted by molar-refractivity contribution is 0.110. The van der Waals surface area contributed by atoms with Crippen molar-refractivity contribution < 1.29 is 20.9 Å². The van der Waals surface area contributed by atoms with Crippen LogP contribution < -0.4 is 0 Å². The van der Waals surface area contributed by atoms with Gasteiger partial charge in [-0.2, -0.15) is 0 Å². The fourth-order valence-electron chi connectivity index (χ4n) is 1.74. The standard InChI is InChI=1S/C7H22O5Si4.H4Si/c1-7(2)8-16(6)11-14(4)9-13(3)10-15(5)12-16;/h7,13-15H,1-6H3;1H4. The van der Waals surface area contributed by atoms with Gasteiger partial charge in [0.05, 0.1) is 0 Å². The lowest BCUT2D eigenvalue weighted by atomic mass is 10.5. The maximum atomic E-state index is 5.93. The molecule has 2 unspecified atom stereocenters.